The van der Waals surface area contributed by atoms with Crippen LogP contribution in [0.1, 0.15) is 0 Å². The quantitative estimate of drug-likeness (QED) is 0.738. The number of nitrogens with zero attached hydrogens (tertiary/aromatic N) is 1. The third-order valence-electron chi connectivity index (χ3n) is 1.95. The van der Waals surface area contributed by atoms with Crippen LogP contribution in [0.5, 0.6) is 0 Å². The molecule has 0 atom stereocenters. The Labute approximate surface area is 98.8 Å². The highest BCUT2D eigenvalue weighted by Crippen LogP contribution is 2.09. The van der Waals surface area contributed by atoms with Gasteiger partial charge >= 0.3 is 0 Å². The van der Waals surface area contributed by atoms with Crippen molar-refractivity contribution in [3.8, 4) is 0 Å². The monoisotopic (exact) mass is 264 g/mol. The standard InChI is InChI=1S/C9H13FN2O4S/c1-15-8(16-2)6-12-17(13,14)9-7(10)4-3-5-11-9/h3-5,8,12H,6H2,1-2H3. The van der Waals surface area contributed by atoms with Gasteiger partial charge < -0.3 is 9.47 Å². The zero-order chi connectivity index (χ0) is 12.9. The molecule has 0 bridgehead atoms. The summed E-state index contributed by atoms with van der Waals surface area (Å²) in [6.45, 7) is -0.134. The number of pyridine rings is 1. The zero-order valence-corrected chi connectivity index (χ0v) is 10.2. The average Bonchev–Trinajstić information content (AvgIpc) is 2.30. The molecule has 17 heavy (non-hydrogen) atoms. The van der Waals surface area contributed by atoms with Gasteiger partial charge in [0.15, 0.2) is 12.1 Å². The topological polar surface area (TPSA) is 77.5 Å². The van der Waals surface area contributed by atoms with E-state index in [2.05, 4.69) is 9.71 Å². The van der Waals surface area contributed by atoms with E-state index in [1.54, 1.807) is 0 Å². The van der Waals surface area contributed by atoms with E-state index in [4.69, 9.17) is 9.47 Å². The second-order valence-electron chi connectivity index (χ2n) is 3.04. The molecule has 0 radical (unpaired) electrons. The lowest BCUT2D eigenvalue weighted by molar-refractivity contribution is -0.0960. The Morgan fingerprint density at radius 1 is 1.47 bits per heavy atom. The van der Waals surface area contributed by atoms with E-state index >= 15 is 0 Å². The summed E-state index contributed by atoms with van der Waals surface area (Å²) in [5.41, 5.74) is 0. The Hall–Kier alpha value is -1.09. The van der Waals surface area contributed by atoms with Gasteiger partial charge in [0.1, 0.15) is 0 Å². The fourth-order valence-corrected chi connectivity index (χ4v) is 2.09. The van der Waals surface area contributed by atoms with E-state index in [1.807, 2.05) is 0 Å². The SMILES string of the molecule is COC(CNS(=O)(=O)c1ncccc1F)OC. The molecule has 0 amide bonds. The molecule has 0 aromatic carbocycles. The molecule has 1 N–H and O–H groups in total. The molecule has 0 saturated heterocycles. The van der Waals surface area contributed by atoms with E-state index in [-0.39, 0.29) is 6.54 Å². The number of hydrogen-bond acceptors (Lipinski definition) is 5. The minimum atomic E-state index is -4.00. The summed E-state index contributed by atoms with van der Waals surface area (Å²) in [4.78, 5) is 3.47. The number of halogens is 1. The van der Waals surface area contributed by atoms with Crippen LogP contribution in [0.4, 0.5) is 4.39 Å². The fourth-order valence-electron chi connectivity index (χ4n) is 1.08. The van der Waals surface area contributed by atoms with Crippen LogP contribution in [0.15, 0.2) is 23.4 Å². The predicted molar refractivity (Wildman–Crippen MR) is 57.2 cm³/mol. The molecule has 0 spiro atoms. The van der Waals surface area contributed by atoms with Gasteiger partial charge in [0.25, 0.3) is 10.0 Å². The molecular formula is C9H13FN2O4S. The molecular weight excluding hydrogens is 251 g/mol. The van der Waals surface area contributed by atoms with Crippen molar-refractivity contribution in [1.82, 2.24) is 9.71 Å². The normalized spacial score (nSPS) is 12.0. The molecule has 0 aliphatic rings. The molecule has 96 valence electrons. The van der Waals surface area contributed by atoms with Gasteiger partial charge in [-0.1, -0.05) is 0 Å². The number of aromatic nitrogens is 1. The maximum Gasteiger partial charge on any atom is 0.261 e. The van der Waals surface area contributed by atoms with Crippen LogP contribution in [0.2, 0.25) is 0 Å². The molecule has 6 nitrogen and oxygen atoms in total. The van der Waals surface area contributed by atoms with Crippen LogP contribution in [0.3, 0.4) is 0 Å². The highest BCUT2D eigenvalue weighted by molar-refractivity contribution is 7.89. The van der Waals surface area contributed by atoms with Crippen LogP contribution in [-0.2, 0) is 19.5 Å². The van der Waals surface area contributed by atoms with Crippen LogP contribution in [-0.4, -0.2) is 40.5 Å². The first-order valence-electron chi connectivity index (χ1n) is 4.67. The number of ether oxygens (including phenoxy) is 2. The first kappa shape index (κ1) is 14.0. The lowest BCUT2D eigenvalue weighted by Crippen LogP contribution is -2.34. The van der Waals surface area contributed by atoms with E-state index < -0.39 is 27.2 Å². The first-order valence-corrected chi connectivity index (χ1v) is 6.15. The molecule has 0 saturated carbocycles. The Balaban J connectivity index is 2.80. The molecule has 1 heterocycles. The second-order valence-corrected chi connectivity index (χ2v) is 4.73. The minimum Gasteiger partial charge on any atom is -0.355 e. The molecule has 0 fully saturated rings. The summed E-state index contributed by atoms with van der Waals surface area (Å²) < 4.78 is 48.3. The van der Waals surface area contributed by atoms with Gasteiger partial charge in [-0.25, -0.2) is 22.5 Å². The Morgan fingerprint density at radius 3 is 2.65 bits per heavy atom. The van der Waals surface area contributed by atoms with Gasteiger partial charge in [-0.15, -0.1) is 0 Å². The lowest BCUT2D eigenvalue weighted by Gasteiger charge is -2.14. The van der Waals surface area contributed by atoms with Crippen LogP contribution in [0.25, 0.3) is 0 Å². The van der Waals surface area contributed by atoms with Crippen LogP contribution in [0, 0.1) is 5.82 Å². The van der Waals surface area contributed by atoms with Crippen molar-refractivity contribution in [2.45, 2.75) is 11.3 Å². The summed E-state index contributed by atoms with van der Waals surface area (Å²) >= 11 is 0. The smallest absolute Gasteiger partial charge is 0.261 e. The van der Waals surface area contributed by atoms with Gasteiger partial charge in [0.2, 0.25) is 5.03 Å². The predicted octanol–water partition coefficient (Wildman–Crippen LogP) is 0.118. The summed E-state index contributed by atoms with van der Waals surface area (Å²) in [6.07, 6.45) is 0.457. The summed E-state index contributed by atoms with van der Waals surface area (Å²) in [5.74, 6) is -0.911. The van der Waals surface area contributed by atoms with Gasteiger partial charge in [-0.3, -0.25) is 0 Å². The van der Waals surface area contributed by atoms with Crippen LogP contribution >= 0.6 is 0 Å². The summed E-state index contributed by atoms with van der Waals surface area (Å²) in [5, 5.41) is -0.647. The van der Waals surface area contributed by atoms with Crippen LogP contribution < -0.4 is 4.72 Å². The molecule has 0 unspecified atom stereocenters. The van der Waals surface area contributed by atoms with E-state index in [1.165, 1.54) is 26.5 Å². The number of nitrogens with one attached hydrogen (secondary N) is 1. The van der Waals surface area contributed by atoms with Gasteiger partial charge in [-0.2, -0.15) is 0 Å². The first-order chi connectivity index (χ1) is 8.01. The number of sulfonamides is 1. The maximum absolute atomic E-state index is 13.2. The summed E-state index contributed by atoms with van der Waals surface area (Å²) in [6, 6.07) is 2.33. The van der Waals surface area contributed by atoms with Crippen molar-refractivity contribution < 1.29 is 22.3 Å². The lowest BCUT2D eigenvalue weighted by atomic mass is 10.5. The van der Waals surface area contributed by atoms with Gasteiger partial charge in [0, 0.05) is 20.4 Å². The van der Waals surface area contributed by atoms with Crippen molar-refractivity contribution in [2.75, 3.05) is 20.8 Å². The molecule has 0 aliphatic carbocycles. The number of hydrogen-bond donors (Lipinski definition) is 1. The third-order valence-corrected chi connectivity index (χ3v) is 3.30. The largest absolute Gasteiger partial charge is 0.355 e. The number of rotatable bonds is 6. The maximum atomic E-state index is 13.2. The Bertz CT molecular complexity index is 462. The third kappa shape index (κ3) is 3.70. The Kier molecular flexibility index (Phi) is 4.94. The highest BCUT2D eigenvalue weighted by atomic mass is 32.2. The molecule has 0 aliphatic heterocycles. The summed E-state index contributed by atoms with van der Waals surface area (Å²) in [7, 11) is -1.27. The van der Waals surface area contributed by atoms with Crippen molar-refractivity contribution in [2.24, 2.45) is 0 Å². The second kappa shape index (κ2) is 6.01. The van der Waals surface area contributed by atoms with E-state index in [9.17, 15) is 12.8 Å². The van der Waals surface area contributed by atoms with Crippen molar-refractivity contribution in [3.05, 3.63) is 24.1 Å². The van der Waals surface area contributed by atoms with Gasteiger partial charge in [-0.05, 0) is 12.1 Å². The molecule has 1 aromatic heterocycles. The van der Waals surface area contributed by atoms with Crippen molar-refractivity contribution in [1.29, 1.82) is 0 Å². The zero-order valence-electron chi connectivity index (χ0n) is 9.38. The average molecular weight is 264 g/mol. The molecule has 1 rings (SSSR count). The van der Waals surface area contributed by atoms with E-state index in [0.717, 1.165) is 6.07 Å². The number of methoxy groups -OCH3 is 2. The Morgan fingerprint density at radius 2 is 2.12 bits per heavy atom. The van der Waals surface area contributed by atoms with Crippen molar-refractivity contribution in [3.63, 3.8) is 0 Å². The van der Waals surface area contributed by atoms with E-state index in [0.29, 0.717) is 0 Å². The molecule has 8 heteroatoms. The van der Waals surface area contributed by atoms with Gasteiger partial charge in [0.05, 0.1) is 6.54 Å². The van der Waals surface area contributed by atoms with Crippen molar-refractivity contribution >= 4 is 10.0 Å². The highest BCUT2D eigenvalue weighted by Gasteiger charge is 2.21. The molecule has 1 aromatic rings. The minimum absolute atomic E-state index is 0.134. The fraction of sp³-hybridized carbons (Fsp3) is 0.444.